The first kappa shape index (κ1) is 15.2. The molecule has 0 unspecified atom stereocenters. The molecule has 0 aliphatic carbocycles. The number of anilines is 1. The van der Waals surface area contributed by atoms with Gasteiger partial charge in [0, 0.05) is 30.4 Å². The smallest absolute Gasteiger partial charge is 0.410 e. The summed E-state index contributed by atoms with van der Waals surface area (Å²) in [5.74, 6) is 0. The summed E-state index contributed by atoms with van der Waals surface area (Å²) < 4.78 is 5.35. The molecular formula is C17H20N4O2. The summed E-state index contributed by atoms with van der Waals surface area (Å²) in [7, 11) is 0. The van der Waals surface area contributed by atoms with E-state index in [2.05, 4.69) is 16.4 Å². The second kappa shape index (κ2) is 5.51. The first-order valence-corrected chi connectivity index (χ1v) is 7.62. The molecule has 1 aromatic carbocycles. The van der Waals surface area contributed by atoms with Crippen LogP contribution in [-0.4, -0.2) is 40.7 Å². The van der Waals surface area contributed by atoms with Crippen LogP contribution in [0.25, 0.3) is 10.9 Å². The third kappa shape index (κ3) is 3.09. The Kier molecular flexibility index (Phi) is 3.64. The summed E-state index contributed by atoms with van der Waals surface area (Å²) in [6.45, 7) is 6.81. The molecule has 3 rings (SSSR count). The van der Waals surface area contributed by atoms with Gasteiger partial charge in [0.1, 0.15) is 11.7 Å². The molecule has 0 bridgehead atoms. The third-order valence-electron chi connectivity index (χ3n) is 3.74. The molecule has 0 atom stereocenters. The Bertz CT molecular complexity index is 776. The number of amides is 1. The molecule has 2 aromatic rings. The molecular weight excluding hydrogens is 292 g/mol. The summed E-state index contributed by atoms with van der Waals surface area (Å²) in [5.41, 5.74) is 1.95. The minimum absolute atomic E-state index is 0.188. The van der Waals surface area contributed by atoms with E-state index in [0.717, 1.165) is 16.6 Å². The molecule has 2 heterocycles. The zero-order valence-corrected chi connectivity index (χ0v) is 13.5. The number of carbonyl (C=O) groups is 1. The summed E-state index contributed by atoms with van der Waals surface area (Å²) in [4.78, 5) is 16.7. The second-order valence-electron chi connectivity index (χ2n) is 6.77. The second-order valence-corrected chi connectivity index (χ2v) is 6.77. The molecule has 1 amide bonds. The number of H-pyrrole nitrogens is 1. The number of rotatable bonds is 2. The molecule has 2 N–H and O–H groups in total. The molecule has 1 aromatic heterocycles. The van der Waals surface area contributed by atoms with Crippen molar-refractivity contribution in [2.75, 3.05) is 18.4 Å². The summed E-state index contributed by atoms with van der Waals surface area (Å²) in [5, 5.41) is 13.5. The van der Waals surface area contributed by atoms with Crippen LogP contribution in [0.4, 0.5) is 10.5 Å². The van der Waals surface area contributed by atoms with E-state index in [4.69, 9.17) is 10.00 Å². The van der Waals surface area contributed by atoms with Gasteiger partial charge >= 0.3 is 6.09 Å². The lowest BCUT2D eigenvalue weighted by atomic mass is 10.1. The van der Waals surface area contributed by atoms with Crippen molar-refractivity contribution >= 4 is 22.7 Å². The highest BCUT2D eigenvalue weighted by molar-refractivity contribution is 5.95. The number of carbonyl (C=O) groups excluding carboxylic acids is 1. The van der Waals surface area contributed by atoms with Gasteiger partial charge in [-0.15, -0.1) is 0 Å². The third-order valence-corrected chi connectivity index (χ3v) is 3.74. The lowest BCUT2D eigenvalue weighted by Gasteiger charge is -2.40. The van der Waals surface area contributed by atoms with Crippen molar-refractivity contribution in [1.82, 2.24) is 9.88 Å². The topological polar surface area (TPSA) is 81.2 Å². The number of nitrogens with one attached hydrogen (secondary N) is 2. The summed E-state index contributed by atoms with van der Waals surface area (Å²) in [6.07, 6.45) is 1.55. The van der Waals surface area contributed by atoms with Gasteiger partial charge in [-0.05, 0) is 39.0 Å². The van der Waals surface area contributed by atoms with E-state index in [0.29, 0.717) is 18.7 Å². The number of hydrogen-bond donors (Lipinski definition) is 2. The van der Waals surface area contributed by atoms with Gasteiger partial charge in [-0.2, -0.15) is 5.26 Å². The van der Waals surface area contributed by atoms with Gasteiger partial charge in [0.15, 0.2) is 0 Å². The average molecular weight is 312 g/mol. The van der Waals surface area contributed by atoms with Crippen LogP contribution in [0, 0.1) is 11.3 Å². The van der Waals surface area contributed by atoms with Gasteiger partial charge in [-0.25, -0.2) is 4.79 Å². The minimum Gasteiger partial charge on any atom is -0.444 e. The van der Waals surface area contributed by atoms with Crippen molar-refractivity contribution in [3.8, 4) is 6.07 Å². The van der Waals surface area contributed by atoms with Crippen molar-refractivity contribution in [3.63, 3.8) is 0 Å². The van der Waals surface area contributed by atoms with Crippen molar-refractivity contribution in [1.29, 1.82) is 5.26 Å². The number of likely N-dealkylation sites (tertiary alicyclic amines) is 1. The van der Waals surface area contributed by atoms with Gasteiger partial charge in [0.05, 0.1) is 17.1 Å². The Hall–Kier alpha value is -2.68. The van der Waals surface area contributed by atoms with E-state index in [1.54, 1.807) is 11.0 Å². The fraction of sp³-hybridized carbons (Fsp3) is 0.412. The van der Waals surface area contributed by atoms with Gasteiger partial charge < -0.3 is 19.9 Å². The van der Waals surface area contributed by atoms with E-state index >= 15 is 0 Å². The number of ether oxygens (including phenoxy) is 1. The molecule has 0 spiro atoms. The number of hydrogen-bond acceptors (Lipinski definition) is 4. The molecule has 6 heteroatoms. The number of aromatic amines is 1. The normalized spacial score (nSPS) is 15.1. The van der Waals surface area contributed by atoms with Crippen LogP contribution in [0.5, 0.6) is 0 Å². The standard InChI is InChI=1S/C17H20N4O2/c1-17(2,3)23-16(22)21-9-12(10-21)20-14-5-4-11(8-18)15-13(14)6-7-19-15/h4-7,12,19-20H,9-10H2,1-3H3. The summed E-state index contributed by atoms with van der Waals surface area (Å²) in [6, 6.07) is 8.02. The van der Waals surface area contributed by atoms with E-state index in [1.807, 2.05) is 39.1 Å². The maximum absolute atomic E-state index is 11.9. The van der Waals surface area contributed by atoms with Gasteiger partial charge in [-0.1, -0.05) is 0 Å². The zero-order valence-electron chi connectivity index (χ0n) is 13.5. The van der Waals surface area contributed by atoms with Gasteiger partial charge in [0.2, 0.25) is 0 Å². The number of nitriles is 1. The Morgan fingerprint density at radius 2 is 2.13 bits per heavy atom. The molecule has 23 heavy (non-hydrogen) atoms. The van der Waals surface area contributed by atoms with Crippen LogP contribution < -0.4 is 5.32 Å². The van der Waals surface area contributed by atoms with E-state index in [9.17, 15) is 4.79 Å². The van der Waals surface area contributed by atoms with Crippen molar-refractivity contribution < 1.29 is 9.53 Å². The highest BCUT2D eigenvalue weighted by atomic mass is 16.6. The monoisotopic (exact) mass is 312 g/mol. The molecule has 1 aliphatic rings. The first-order valence-electron chi connectivity index (χ1n) is 7.62. The predicted octanol–water partition coefficient (Wildman–Crippen LogP) is 3.07. The molecule has 1 saturated heterocycles. The SMILES string of the molecule is CC(C)(C)OC(=O)N1CC(Nc2ccc(C#N)c3[nH]ccc23)C1. The van der Waals surface area contributed by atoms with Gasteiger partial charge in [0.25, 0.3) is 0 Å². The van der Waals surface area contributed by atoms with E-state index < -0.39 is 5.60 Å². The minimum atomic E-state index is -0.472. The molecule has 6 nitrogen and oxygen atoms in total. The Balaban J connectivity index is 1.64. The van der Waals surface area contributed by atoms with Gasteiger partial charge in [-0.3, -0.25) is 0 Å². The summed E-state index contributed by atoms with van der Waals surface area (Å²) >= 11 is 0. The number of nitrogens with zero attached hydrogens (tertiary/aromatic N) is 2. The van der Waals surface area contributed by atoms with E-state index in [1.165, 1.54) is 0 Å². The van der Waals surface area contributed by atoms with Crippen LogP contribution in [0.1, 0.15) is 26.3 Å². The number of aromatic nitrogens is 1. The molecule has 1 aliphatic heterocycles. The maximum atomic E-state index is 11.9. The fourth-order valence-corrected chi connectivity index (χ4v) is 2.64. The predicted molar refractivity (Wildman–Crippen MR) is 88.2 cm³/mol. The Morgan fingerprint density at radius 3 is 2.78 bits per heavy atom. The van der Waals surface area contributed by atoms with Crippen LogP contribution in [0.2, 0.25) is 0 Å². The highest BCUT2D eigenvalue weighted by Crippen LogP contribution is 2.27. The largest absolute Gasteiger partial charge is 0.444 e. The van der Waals surface area contributed by atoms with Crippen molar-refractivity contribution in [3.05, 3.63) is 30.0 Å². The van der Waals surface area contributed by atoms with E-state index in [-0.39, 0.29) is 12.1 Å². The lowest BCUT2D eigenvalue weighted by Crippen LogP contribution is -2.57. The molecule has 120 valence electrons. The fourth-order valence-electron chi connectivity index (χ4n) is 2.64. The average Bonchev–Trinajstić information content (AvgIpc) is 2.89. The maximum Gasteiger partial charge on any atom is 0.410 e. The van der Waals surface area contributed by atoms with Crippen LogP contribution in [0.3, 0.4) is 0 Å². The molecule has 0 saturated carbocycles. The van der Waals surface area contributed by atoms with Crippen molar-refractivity contribution in [2.45, 2.75) is 32.4 Å². The Morgan fingerprint density at radius 1 is 1.39 bits per heavy atom. The van der Waals surface area contributed by atoms with Crippen LogP contribution >= 0.6 is 0 Å². The first-order chi connectivity index (χ1) is 10.9. The van der Waals surface area contributed by atoms with Crippen LogP contribution in [0.15, 0.2) is 24.4 Å². The number of fused-ring (bicyclic) bond motifs is 1. The quantitative estimate of drug-likeness (QED) is 0.893. The Labute approximate surface area is 135 Å². The lowest BCUT2D eigenvalue weighted by molar-refractivity contribution is 0.0105. The highest BCUT2D eigenvalue weighted by Gasteiger charge is 2.33. The number of benzene rings is 1. The molecule has 0 radical (unpaired) electrons. The van der Waals surface area contributed by atoms with Crippen molar-refractivity contribution in [2.24, 2.45) is 0 Å². The molecule has 1 fully saturated rings. The van der Waals surface area contributed by atoms with Crippen LogP contribution in [-0.2, 0) is 4.74 Å². The zero-order chi connectivity index (χ0) is 16.6.